The third kappa shape index (κ3) is 5.33. The smallest absolute Gasteiger partial charge is 0.416 e. The number of halogens is 3. The number of fused-ring (bicyclic) bond motifs is 2. The van der Waals surface area contributed by atoms with E-state index in [1.807, 2.05) is 37.3 Å². The fraction of sp³-hybridized carbons (Fsp3) is 0.214. The molecule has 5 aromatic rings. The second-order valence-corrected chi connectivity index (χ2v) is 8.83. The predicted molar refractivity (Wildman–Crippen MR) is 140 cm³/mol. The maximum atomic E-state index is 13.1. The van der Waals surface area contributed by atoms with Crippen molar-refractivity contribution in [3.05, 3.63) is 100 Å². The van der Waals surface area contributed by atoms with Crippen molar-refractivity contribution < 1.29 is 22.7 Å². The summed E-state index contributed by atoms with van der Waals surface area (Å²) in [5.41, 5.74) is -0.132. The zero-order chi connectivity index (χ0) is 27.6. The Labute approximate surface area is 220 Å². The van der Waals surface area contributed by atoms with E-state index in [0.717, 1.165) is 22.9 Å². The summed E-state index contributed by atoms with van der Waals surface area (Å²) in [4.78, 5) is 30.4. The fourth-order valence-corrected chi connectivity index (χ4v) is 4.44. The van der Waals surface area contributed by atoms with E-state index in [-0.39, 0.29) is 30.9 Å². The van der Waals surface area contributed by atoms with Gasteiger partial charge in [0.25, 0.3) is 11.5 Å². The lowest BCUT2D eigenvalue weighted by atomic mass is 10.0. The number of nitrogens with one attached hydrogen (secondary N) is 1. The van der Waals surface area contributed by atoms with Gasteiger partial charge in [-0.15, -0.1) is 0 Å². The molecular formula is C28H24F3N5O3. The Bertz CT molecular complexity index is 1730. The molecule has 0 aliphatic rings. The zero-order valence-corrected chi connectivity index (χ0v) is 20.9. The zero-order valence-electron chi connectivity index (χ0n) is 20.9. The van der Waals surface area contributed by atoms with Crippen LogP contribution in [0.3, 0.4) is 0 Å². The Kier molecular flexibility index (Phi) is 7.05. The van der Waals surface area contributed by atoms with Gasteiger partial charge in [0.15, 0.2) is 5.65 Å². The van der Waals surface area contributed by atoms with E-state index in [2.05, 4.69) is 15.4 Å². The summed E-state index contributed by atoms with van der Waals surface area (Å²) in [7, 11) is 0. The van der Waals surface area contributed by atoms with Crippen molar-refractivity contribution in [1.82, 2.24) is 24.6 Å². The number of hydrogen-bond acceptors (Lipinski definition) is 5. The number of alkyl halides is 3. The van der Waals surface area contributed by atoms with Gasteiger partial charge < -0.3 is 10.1 Å². The Hall–Kier alpha value is -4.67. The van der Waals surface area contributed by atoms with E-state index in [1.54, 1.807) is 6.07 Å². The first-order valence-electron chi connectivity index (χ1n) is 12.3. The van der Waals surface area contributed by atoms with Gasteiger partial charge in [-0.1, -0.05) is 42.5 Å². The summed E-state index contributed by atoms with van der Waals surface area (Å²) in [6.07, 6.45) is -1.82. The molecule has 200 valence electrons. The summed E-state index contributed by atoms with van der Waals surface area (Å²) in [5.74, 6) is 0.185. The molecule has 0 saturated carbocycles. The average Bonchev–Trinajstić information content (AvgIpc) is 3.33. The standard InChI is InChI=1S/C28H24F3N5O3/c1-2-39-23-11-10-19-7-3-4-9-21(19)24(23)26(37)32-12-13-36-25-22(15-34-36)27(38)35(17-33-25)16-18-6-5-8-20(14-18)28(29,30)31/h3-11,14-15,17H,2,12-13,16H2,1H3,(H,32,37). The molecule has 0 fully saturated rings. The minimum absolute atomic E-state index is 0.0693. The Morgan fingerprint density at radius 1 is 1.05 bits per heavy atom. The molecule has 39 heavy (non-hydrogen) atoms. The lowest BCUT2D eigenvalue weighted by molar-refractivity contribution is -0.137. The molecule has 8 nitrogen and oxygen atoms in total. The minimum Gasteiger partial charge on any atom is -0.493 e. The molecule has 0 unspecified atom stereocenters. The molecule has 1 amide bonds. The highest BCUT2D eigenvalue weighted by Gasteiger charge is 2.30. The lowest BCUT2D eigenvalue weighted by Gasteiger charge is -2.14. The number of amides is 1. The highest BCUT2D eigenvalue weighted by molar-refractivity contribution is 6.09. The van der Waals surface area contributed by atoms with E-state index >= 15 is 0 Å². The van der Waals surface area contributed by atoms with Crippen LogP contribution < -0.4 is 15.6 Å². The second-order valence-electron chi connectivity index (χ2n) is 8.83. The number of carbonyl (C=O) groups is 1. The summed E-state index contributed by atoms with van der Waals surface area (Å²) in [5, 5.41) is 9.03. The molecule has 0 saturated heterocycles. The molecule has 11 heteroatoms. The fourth-order valence-electron chi connectivity index (χ4n) is 4.44. The van der Waals surface area contributed by atoms with E-state index < -0.39 is 17.3 Å². The first-order chi connectivity index (χ1) is 18.8. The van der Waals surface area contributed by atoms with Crippen molar-refractivity contribution in [3.8, 4) is 5.75 Å². The van der Waals surface area contributed by atoms with Gasteiger partial charge in [-0.25, -0.2) is 9.67 Å². The number of carbonyl (C=O) groups excluding carboxylic acids is 1. The molecule has 5 rings (SSSR count). The summed E-state index contributed by atoms with van der Waals surface area (Å²) in [6, 6.07) is 16.0. The van der Waals surface area contributed by atoms with E-state index in [9.17, 15) is 22.8 Å². The molecule has 0 aliphatic carbocycles. The summed E-state index contributed by atoms with van der Waals surface area (Å²) < 4.78 is 47.6. The maximum absolute atomic E-state index is 13.1. The number of aromatic nitrogens is 4. The van der Waals surface area contributed by atoms with Crippen LogP contribution >= 0.6 is 0 Å². The van der Waals surface area contributed by atoms with Gasteiger partial charge in [0.2, 0.25) is 0 Å². The third-order valence-electron chi connectivity index (χ3n) is 6.26. The van der Waals surface area contributed by atoms with Crippen LogP contribution in [-0.2, 0) is 19.3 Å². The topological polar surface area (TPSA) is 91.0 Å². The normalized spacial score (nSPS) is 11.7. The highest BCUT2D eigenvalue weighted by Crippen LogP contribution is 2.30. The van der Waals surface area contributed by atoms with Gasteiger partial charge in [-0.05, 0) is 41.5 Å². The van der Waals surface area contributed by atoms with E-state index in [1.165, 1.54) is 33.9 Å². The van der Waals surface area contributed by atoms with Crippen LogP contribution in [-0.4, -0.2) is 38.4 Å². The molecule has 3 aromatic carbocycles. The molecule has 2 aromatic heterocycles. The average molecular weight is 536 g/mol. The molecular weight excluding hydrogens is 511 g/mol. The van der Waals surface area contributed by atoms with Crippen molar-refractivity contribution in [2.75, 3.05) is 13.2 Å². The van der Waals surface area contributed by atoms with Gasteiger partial charge in [0.1, 0.15) is 17.5 Å². The number of rotatable bonds is 8. The van der Waals surface area contributed by atoms with Crippen LogP contribution in [0.15, 0.2) is 78.0 Å². The lowest BCUT2D eigenvalue weighted by Crippen LogP contribution is -2.28. The third-order valence-corrected chi connectivity index (χ3v) is 6.26. The number of hydrogen-bond donors (Lipinski definition) is 1. The quantitative estimate of drug-likeness (QED) is 0.313. The Balaban J connectivity index is 1.32. The van der Waals surface area contributed by atoms with E-state index in [4.69, 9.17) is 4.74 Å². The highest BCUT2D eigenvalue weighted by atomic mass is 19.4. The SMILES string of the molecule is CCOc1ccc2ccccc2c1C(=O)NCCn1ncc2c(=O)n(Cc3cccc(C(F)(F)F)c3)cnc21. The van der Waals surface area contributed by atoms with Gasteiger partial charge in [-0.2, -0.15) is 18.3 Å². The first kappa shape index (κ1) is 26.0. The Morgan fingerprint density at radius 3 is 2.67 bits per heavy atom. The Morgan fingerprint density at radius 2 is 1.87 bits per heavy atom. The van der Waals surface area contributed by atoms with Crippen molar-refractivity contribution in [1.29, 1.82) is 0 Å². The molecule has 0 radical (unpaired) electrons. The summed E-state index contributed by atoms with van der Waals surface area (Å²) in [6.45, 7) is 2.64. The van der Waals surface area contributed by atoms with Crippen molar-refractivity contribution in [2.45, 2.75) is 26.2 Å². The van der Waals surface area contributed by atoms with Crippen LogP contribution in [0.4, 0.5) is 13.2 Å². The number of ether oxygens (including phenoxy) is 1. The molecule has 1 N–H and O–H groups in total. The molecule has 2 heterocycles. The van der Waals surface area contributed by atoms with Crippen LogP contribution in [0, 0.1) is 0 Å². The van der Waals surface area contributed by atoms with Crippen molar-refractivity contribution >= 4 is 27.7 Å². The second kappa shape index (κ2) is 10.6. The minimum atomic E-state index is -4.47. The number of benzene rings is 3. The van der Waals surface area contributed by atoms with Gasteiger partial charge in [-0.3, -0.25) is 14.2 Å². The maximum Gasteiger partial charge on any atom is 0.416 e. The van der Waals surface area contributed by atoms with Gasteiger partial charge >= 0.3 is 6.18 Å². The monoisotopic (exact) mass is 535 g/mol. The van der Waals surface area contributed by atoms with Crippen LogP contribution in [0.5, 0.6) is 5.75 Å². The van der Waals surface area contributed by atoms with Crippen LogP contribution in [0.2, 0.25) is 0 Å². The van der Waals surface area contributed by atoms with Crippen LogP contribution in [0.25, 0.3) is 21.8 Å². The first-order valence-corrected chi connectivity index (χ1v) is 12.3. The van der Waals surface area contributed by atoms with Crippen molar-refractivity contribution in [3.63, 3.8) is 0 Å². The molecule has 0 atom stereocenters. The van der Waals surface area contributed by atoms with Crippen LogP contribution in [0.1, 0.15) is 28.4 Å². The molecule has 0 bridgehead atoms. The predicted octanol–water partition coefficient (Wildman–Crippen LogP) is 4.64. The molecule has 0 aliphatic heterocycles. The van der Waals surface area contributed by atoms with Crippen molar-refractivity contribution in [2.24, 2.45) is 0 Å². The molecule has 0 spiro atoms. The van der Waals surface area contributed by atoms with E-state index in [0.29, 0.717) is 29.1 Å². The van der Waals surface area contributed by atoms with Gasteiger partial charge in [0, 0.05) is 6.54 Å². The number of nitrogens with zero attached hydrogens (tertiary/aromatic N) is 4. The van der Waals surface area contributed by atoms with Gasteiger partial charge in [0.05, 0.1) is 37.0 Å². The largest absolute Gasteiger partial charge is 0.493 e. The summed E-state index contributed by atoms with van der Waals surface area (Å²) >= 11 is 0.